The van der Waals surface area contributed by atoms with Crippen LogP contribution in [0.25, 0.3) is 0 Å². The summed E-state index contributed by atoms with van der Waals surface area (Å²) in [4.78, 5) is 50.0. The fourth-order valence-electron chi connectivity index (χ4n) is 3.35. The molecule has 28 heavy (non-hydrogen) atoms. The van der Waals surface area contributed by atoms with Crippen molar-refractivity contribution in [1.82, 2.24) is 4.90 Å². The maximum absolute atomic E-state index is 12.4. The lowest BCUT2D eigenvalue weighted by atomic mass is 9.85. The van der Waals surface area contributed by atoms with Gasteiger partial charge in [0.1, 0.15) is 6.54 Å². The molecule has 3 atom stereocenters. The van der Waals surface area contributed by atoms with Crippen molar-refractivity contribution < 1.29 is 23.9 Å². The predicted octanol–water partition coefficient (Wildman–Crippen LogP) is 1.38. The van der Waals surface area contributed by atoms with Crippen LogP contribution in [0.1, 0.15) is 25.3 Å². The number of carbonyl (C=O) groups is 4. The minimum Gasteiger partial charge on any atom is -0.451 e. The first-order valence-electron chi connectivity index (χ1n) is 8.91. The summed E-state index contributed by atoms with van der Waals surface area (Å²) >= 11 is 0. The maximum Gasteiger partial charge on any atom is 0.326 e. The van der Waals surface area contributed by atoms with Crippen molar-refractivity contribution in [2.24, 2.45) is 11.8 Å². The van der Waals surface area contributed by atoms with Gasteiger partial charge in [-0.2, -0.15) is 5.26 Å². The zero-order valence-corrected chi connectivity index (χ0v) is 15.3. The zero-order valence-electron chi connectivity index (χ0n) is 15.3. The van der Waals surface area contributed by atoms with Crippen molar-refractivity contribution >= 4 is 29.4 Å². The molecule has 1 aromatic carbocycles. The molecule has 0 saturated carbocycles. The van der Waals surface area contributed by atoms with Crippen molar-refractivity contribution in [3.63, 3.8) is 0 Å². The first kappa shape index (κ1) is 19.3. The number of ether oxygens (including phenoxy) is 1. The molecule has 1 aliphatic heterocycles. The first-order valence-corrected chi connectivity index (χ1v) is 8.91. The molecule has 2 aliphatic rings. The summed E-state index contributed by atoms with van der Waals surface area (Å²) in [6, 6.07) is 8.26. The molecule has 3 unspecified atom stereocenters. The number of hydrogen-bond donors (Lipinski definition) is 1. The zero-order chi connectivity index (χ0) is 20.3. The molecule has 1 saturated heterocycles. The molecule has 0 bridgehead atoms. The normalized spacial score (nSPS) is 21.6. The summed E-state index contributed by atoms with van der Waals surface area (Å²) in [7, 11) is 0. The SMILES string of the molecule is CC(OC(=O)CN1C(=O)C2CC=CCC2C1=O)C(=O)Nc1cccc(C#N)c1. The van der Waals surface area contributed by atoms with Crippen LogP contribution in [0.5, 0.6) is 0 Å². The Kier molecular flexibility index (Phi) is 5.54. The second kappa shape index (κ2) is 8.05. The van der Waals surface area contributed by atoms with E-state index in [1.165, 1.54) is 13.0 Å². The van der Waals surface area contributed by atoms with Crippen LogP contribution in [0.2, 0.25) is 0 Å². The Morgan fingerprint density at radius 2 is 1.89 bits per heavy atom. The summed E-state index contributed by atoms with van der Waals surface area (Å²) in [5, 5.41) is 11.4. The van der Waals surface area contributed by atoms with E-state index < -0.39 is 36.4 Å². The Bertz CT molecular complexity index is 875. The number of hydrogen-bond acceptors (Lipinski definition) is 6. The number of fused-ring (bicyclic) bond motifs is 1. The van der Waals surface area contributed by atoms with Crippen molar-refractivity contribution in [3.05, 3.63) is 42.0 Å². The molecule has 1 aromatic rings. The molecule has 1 aliphatic carbocycles. The molecular weight excluding hydrogens is 362 g/mol. The van der Waals surface area contributed by atoms with Gasteiger partial charge in [0.25, 0.3) is 5.91 Å². The van der Waals surface area contributed by atoms with Gasteiger partial charge in [0.15, 0.2) is 6.10 Å². The molecular formula is C20H19N3O5. The predicted molar refractivity (Wildman–Crippen MR) is 97.4 cm³/mol. The highest BCUT2D eigenvalue weighted by atomic mass is 16.5. The van der Waals surface area contributed by atoms with Gasteiger partial charge in [-0.1, -0.05) is 18.2 Å². The second-order valence-electron chi connectivity index (χ2n) is 6.73. The van der Waals surface area contributed by atoms with Gasteiger partial charge in [0.05, 0.1) is 23.5 Å². The highest BCUT2D eigenvalue weighted by Crippen LogP contribution is 2.34. The third-order valence-electron chi connectivity index (χ3n) is 4.82. The van der Waals surface area contributed by atoms with Gasteiger partial charge in [-0.3, -0.25) is 24.1 Å². The van der Waals surface area contributed by atoms with Crippen molar-refractivity contribution in [2.75, 3.05) is 11.9 Å². The van der Waals surface area contributed by atoms with Gasteiger partial charge in [-0.05, 0) is 38.0 Å². The Morgan fingerprint density at radius 1 is 1.25 bits per heavy atom. The standard InChI is InChI=1S/C20H19N3O5/c1-12(18(25)22-14-6-4-5-13(9-14)10-21)28-17(24)11-23-19(26)15-7-2-3-8-16(15)20(23)27/h2-6,9,12,15-16H,7-8,11H2,1H3,(H,22,25). The summed E-state index contributed by atoms with van der Waals surface area (Å²) < 4.78 is 5.08. The van der Waals surface area contributed by atoms with Crippen LogP contribution >= 0.6 is 0 Å². The van der Waals surface area contributed by atoms with E-state index in [0.717, 1.165) is 4.90 Å². The Balaban J connectivity index is 1.55. The van der Waals surface area contributed by atoms with E-state index in [1.807, 2.05) is 18.2 Å². The number of imide groups is 1. The Morgan fingerprint density at radius 3 is 2.50 bits per heavy atom. The van der Waals surface area contributed by atoms with Gasteiger partial charge in [0.2, 0.25) is 11.8 Å². The maximum atomic E-state index is 12.4. The molecule has 8 heteroatoms. The van der Waals surface area contributed by atoms with Gasteiger partial charge in [-0.15, -0.1) is 0 Å². The molecule has 1 fully saturated rings. The summed E-state index contributed by atoms with van der Waals surface area (Å²) in [5.41, 5.74) is 0.776. The minimum atomic E-state index is -1.13. The number of carbonyl (C=O) groups excluding carboxylic acids is 4. The lowest BCUT2D eigenvalue weighted by Crippen LogP contribution is -2.39. The van der Waals surface area contributed by atoms with Crippen molar-refractivity contribution in [1.29, 1.82) is 5.26 Å². The fourth-order valence-corrected chi connectivity index (χ4v) is 3.35. The molecule has 0 radical (unpaired) electrons. The number of nitrogens with zero attached hydrogens (tertiary/aromatic N) is 2. The number of benzene rings is 1. The van der Waals surface area contributed by atoms with Gasteiger partial charge >= 0.3 is 5.97 Å². The van der Waals surface area contributed by atoms with E-state index in [9.17, 15) is 19.2 Å². The van der Waals surface area contributed by atoms with Gasteiger partial charge in [-0.25, -0.2) is 0 Å². The number of nitrogens with one attached hydrogen (secondary N) is 1. The number of amides is 3. The van der Waals surface area contributed by atoms with Crippen LogP contribution in [0.3, 0.4) is 0 Å². The van der Waals surface area contributed by atoms with Crippen LogP contribution in [0.4, 0.5) is 5.69 Å². The van der Waals surface area contributed by atoms with Crippen LogP contribution in [-0.2, 0) is 23.9 Å². The number of allylic oxidation sites excluding steroid dienone is 2. The highest BCUT2D eigenvalue weighted by Gasteiger charge is 2.47. The Hall–Kier alpha value is -3.47. The highest BCUT2D eigenvalue weighted by molar-refractivity contribution is 6.07. The van der Waals surface area contributed by atoms with E-state index >= 15 is 0 Å². The summed E-state index contributed by atoms with van der Waals surface area (Å²) in [5.74, 6) is -3.00. The Labute approximate surface area is 161 Å². The first-order chi connectivity index (χ1) is 13.4. The van der Waals surface area contributed by atoms with E-state index in [2.05, 4.69) is 5.32 Å². The quantitative estimate of drug-likeness (QED) is 0.468. The molecule has 8 nitrogen and oxygen atoms in total. The van der Waals surface area contributed by atoms with Crippen LogP contribution in [0.15, 0.2) is 36.4 Å². The topological polar surface area (TPSA) is 117 Å². The van der Waals surface area contributed by atoms with Crippen molar-refractivity contribution in [2.45, 2.75) is 25.9 Å². The van der Waals surface area contributed by atoms with Crippen LogP contribution < -0.4 is 5.32 Å². The fraction of sp³-hybridized carbons (Fsp3) is 0.350. The number of rotatable bonds is 5. The van der Waals surface area contributed by atoms with E-state index in [4.69, 9.17) is 10.00 Å². The molecule has 1 N–H and O–H groups in total. The number of anilines is 1. The number of nitriles is 1. The third-order valence-corrected chi connectivity index (χ3v) is 4.82. The average Bonchev–Trinajstić information content (AvgIpc) is 2.93. The van der Waals surface area contributed by atoms with E-state index in [0.29, 0.717) is 24.1 Å². The smallest absolute Gasteiger partial charge is 0.326 e. The van der Waals surface area contributed by atoms with E-state index in [-0.39, 0.29) is 11.8 Å². The second-order valence-corrected chi connectivity index (χ2v) is 6.73. The third kappa shape index (κ3) is 3.93. The molecule has 144 valence electrons. The lowest BCUT2D eigenvalue weighted by Gasteiger charge is -2.17. The van der Waals surface area contributed by atoms with Crippen LogP contribution in [0, 0.1) is 23.2 Å². The minimum absolute atomic E-state index is 0.373. The van der Waals surface area contributed by atoms with Crippen LogP contribution in [-0.4, -0.2) is 41.2 Å². The largest absolute Gasteiger partial charge is 0.451 e. The molecule has 1 heterocycles. The summed E-state index contributed by atoms with van der Waals surface area (Å²) in [6.07, 6.45) is 3.57. The van der Waals surface area contributed by atoms with E-state index in [1.54, 1.807) is 18.2 Å². The van der Waals surface area contributed by atoms with Gasteiger partial charge in [0, 0.05) is 5.69 Å². The lowest BCUT2D eigenvalue weighted by molar-refractivity contribution is -0.158. The number of esters is 1. The monoisotopic (exact) mass is 381 g/mol. The molecule has 0 spiro atoms. The number of likely N-dealkylation sites (tertiary alicyclic amines) is 1. The van der Waals surface area contributed by atoms with Crippen molar-refractivity contribution in [3.8, 4) is 6.07 Å². The van der Waals surface area contributed by atoms with Gasteiger partial charge < -0.3 is 10.1 Å². The summed E-state index contributed by atoms with van der Waals surface area (Å²) in [6.45, 7) is 0.880. The molecule has 0 aromatic heterocycles. The molecule has 3 amide bonds. The average molecular weight is 381 g/mol. The molecule has 3 rings (SSSR count).